The van der Waals surface area contributed by atoms with Crippen molar-refractivity contribution in [2.24, 2.45) is 11.1 Å². The summed E-state index contributed by atoms with van der Waals surface area (Å²) in [5.74, 6) is 0.172. The van der Waals surface area contributed by atoms with Crippen molar-refractivity contribution in [1.29, 1.82) is 0 Å². The standard InChI is InChI=1S/C13H19ClFNO/c1-13(2,9-16)6-3-7-17-10-4-5-12(15)11(14)8-10/h4-5,8H,3,6-7,9,16H2,1-2H3. The maximum Gasteiger partial charge on any atom is 0.142 e. The molecule has 0 unspecified atom stereocenters. The highest BCUT2D eigenvalue weighted by molar-refractivity contribution is 6.30. The van der Waals surface area contributed by atoms with Gasteiger partial charge in [-0.05, 0) is 36.9 Å². The number of hydrogen-bond acceptors (Lipinski definition) is 2. The Morgan fingerprint density at radius 3 is 2.71 bits per heavy atom. The summed E-state index contributed by atoms with van der Waals surface area (Å²) in [4.78, 5) is 0. The Morgan fingerprint density at radius 1 is 1.41 bits per heavy atom. The third-order valence-electron chi connectivity index (χ3n) is 2.71. The van der Waals surface area contributed by atoms with Crippen LogP contribution in [-0.4, -0.2) is 13.2 Å². The first-order valence-electron chi connectivity index (χ1n) is 5.72. The lowest BCUT2D eigenvalue weighted by atomic mass is 9.88. The van der Waals surface area contributed by atoms with Gasteiger partial charge in [0.25, 0.3) is 0 Å². The highest BCUT2D eigenvalue weighted by atomic mass is 35.5. The number of rotatable bonds is 6. The zero-order chi connectivity index (χ0) is 12.9. The van der Waals surface area contributed by atoms with E-state index in [-0.39, 0.29) is 10.4 Å². The van der Waals surface area contributed by atoms with E-state index in [9.17, 15) is 4.39 Å². The van der Waals surface area contributed by atoms with E-state index in [4.69, 9.17) is 22.1 Å². The lowest BCUT2D eigenvalue weighted by Gasteiger charge is -2.21. The third-order valence-corrected chi connectivity index (χ3v) is 3.00. The van der Waals surface area contributed by atoms with Crippen LogP contribution < -0.4 is 10.5 Å². The smallest absolute Gasteiger partial charge is 0.142 e. The van der Waals surface area contributed by atoms with Gasteiger partial charge in [0.2, 0.25) is 0 Å². The first-order chi connectivity index (χ1) is 7.94. The van der Waals surface area contributed by atoms with E-state index in [0.717, 1.165) is 12.8 Å². The molecule has 2 N–H and O–H groups in total. The fraction of sp³-hybridized carbons (Fsp3) is 0.538. The summed E-state index contributed by atoms with van der Waals surface area (Å²) in [7, 11) is 0. The Hall–Kier alpha value is -0.800. The van der Waals surface area contributed by atoms with Gasteiger partial charge in [-0.1, -0.05) is 25.4 Å². The molecule has 0 bridgehead atoms. The quantitative estimate of drug-likeness (QED) is 0.792. The molecule has 0 saturated heterocycles. The molecular weight excluding hydrogens is 241 g/mol. The van der Waals surface area contributed by atoms with Gasteiger partial charge in [0.1, 0.15) is 11.6 Å². The van der Waals surface area contributed by atoms with Gasteiger partial charge in [0.15, 0.2) is 0 Å². The van der Waals surface area contributed by atoms with Crippen LogP contribution in [0, 0.1) is 11.2 Å². The molecule has 0 radical (unpaired) electrons. The minimum absolute atomic E-state index is 0.0878. The minimum Gasteiger partial charge on any atom is -0.494 e. The van der Waals surface area contributed by atoms with Gasteiger partial charge in [-0.25, -0.2) is 4.39 Å². The van der Waals surface area contributed by atoms with E-state index in [1.165, 1.54) is 12.1 Å². The molecule has 2 nitrogen and oxygen atoms in total. The fourth-order valence-electron chi connectivity index (χ4n) is 1.41. The molecule has 0 amide bonds. The predicted octanol–water partition coefficient (Wildman–Crippen LogP) is 3.62. The van der Waals surface area contributed by atoms with Crippen LogP contribution >= 0.6 is 11.6 Å². The van der Waals surface area contributed by atoms with Crippen LogP contribution in [0.5, 0.6) is 5.75 Å². The van der Waals surface area contributed by atoms with Crippen LogP contribution in [-0.2, 0) is 0 Å². The van der Waals surface area contributed by atoms with Crippen molar-refractivity contribution in [2.45, 2.75) is 26.7 Å². The Morgan fingerprint density at radius 2 is 2.12 bits per heavy atom. The summed E-state index contributed by atoms with van der Waals surface area (Å²) in [6, 6.07) is 4.38. The molecular formula is C13H19ClFNO. The molecule has 0 saturated carbocycles. The molecule has 0 aliphatic heterocycles. The molecule has 0 aromatic heterocycles. The SMILES string of the molecule is CC(C)(CN)CCCOc1ccc(F)c(Cl)c1. The average Bonchev–Trinajstić information content (AvgIpc) is 2.29. The Kier molecular flexibility index (Phi) is 5.22. The average molecular weight is 260 g/mol. The van der Waals surface area contributed by atoms with Crippen LogP contribution in [0.4, 0.5) is 4.39 Å². The lowest BCUT2D eigenvalue weighted by Crippen LogP contribution is -2.23. The van der Waals surface area contributed by atoms with Crippen LogP contribution in [0.15, 0.2) is 18.2 Å². The molecule has 0 fully saturated rings. The highest BCUT2D eigenvalue weighted by Crippen LogP contribution is 2.23. The monoisotopic (exact) mass is 259 g/mol. The minimum atomic E-state index is -0.428. The first kappa shape index (κ1) is 14.3. The van der Waals surface area contributed by atoms with Gasteiger partial charge in [-0.15, -0.1) is 0 Å². The number of halogens is 2. The second kappa shape index (κ2) is 6.22. The van der Waals surface area contributed by atoms with Crippen molar-refractivity contribution in [1.82, 2.24) is 0 Å². The number of nitrogens with two attached hydrogens (primary N) is 1. The number of hydrogen-bond donors (Lipinski definition) is 1. The molecule has 0 atom stereocenters. The molecule has 0 aliphatic carbocycles. The number of ether oxygens (including phenoxy) is 1. The van der Waals surface area contributed by atoms with Crippen molar-refractivity contribution < 1.29 is 9.13 Å². The molecule has 96 valence electrons. The van der Waals surface area contributed by atoms with E-state index in [1.807, 2.05) is 0 Å². The summed E-state index contributed by atoms with van der Waals surface area (Å²) in [5.41, 5.74) is 5.78. The van der Waals surface area contributed by atoms with E-state index < -0.39 is 5.82 Å². The maximum atomic E-state index is 12.9. The van der Waals surface area contributed by atoms with E-state index in [1.54, 1.807) is 6.07 Å². The summed E-state index contributed by atoms with van der Waals surface area (Å²) < 4.78 is 18.4. The van der Waals surface area contributed by atoms with Crippen LogP contribution in [0.2, 0.25) is 5.02 Å². The van der Waals surface area contributed by atoms with Crippen molar-refractivity contribution in [3.05, 3.63) is 29.0 Å². The Bertz CT molecular complexity index is 368. The summed E-state index contributed by atoms with van der Waals surface area (Å²) in [6.45, 7) is 5.50. The molecule has 0 heterocycles. The van der Waals surface area contributed by atoms with Crippen LogP contribution in [0.3, 0.4) is 0 Å². The Labute approximate surface area is 107 Å². The Balaban J connectivity index is 2.34. The van der Waals surface area contributed by atoms with Gasteiger partial charge >= 0.3 is 0 Å². The van der Waals surface area contributed by atoms with E-state index in [2.05, 4.69) is 13.8 Å². The molecule has 1 aromatic rings. The summed E-state index contributed by atoms with van der Waals surface area (Å²) >= 11 is 5.65. The van der Waals surface area contributed by atoms with Crippen LogP contribution in [0.25, 0.3) is 0 Å². The number of benzene rings is 1. The zero-order valence-electron chi connectivity index (χ0n) is 10.3. The first-order valence-corrected chi connectivity index (χ1v) is 6.10. The maximum absolute atomic E-state index is 12.9. The van der Waals surface area contributed by atoms with Gasteiger partial charge < -0.3 is 10.5 Å². The fourth-order valence-corrected chi connectivity index (χ4v) is 1.58. The summed E-state index contributed by atoms with van der Waals surface area (Å²) in [6.07, 6.45) is 1.91. The van der Waals surface area contributed by atoms with Gasteiger partial charge in [0, 0.05) is 6.07 Å². The zero-order valence-corrected chi connectivity index (χ0v) is 11.1. The molecule has 0 aliphatic rings. The lowest BCUT2D eigenvalue weighted by molar-refractivity contribution is 0.261. The van der Waals surface area contributed by atoms with Crippen molar-refractivity contribution in [3.8, 4) is 5.75 Å². The molecule has 4 heteroatoms. The van der Waals surface area contributed by atoms with E-state index >= 15 is 0 Å². The molecule has 1 aromatic carbocycles. The molecule has 1 rings (SSSR count). The van der Waals surface area contributed by atoms with Crippen LogP contribution in [0.1, 0.15) is 26.7 Å². The van der Waals surface area contributed by atoms with Gasteiger partial charge in [0.05, 0.1) is 11.6 Å². The topological polar surface area (TPSA) is 35.2 Å². The largest absolute Gasteiger partial charge is 0.494 e. The third kappa shape index (κ3) is 4.92. The predicted molar refractivity (Wildman–Crippen MR) is 69.0 cm³/mol. The van der Waals surface area contributed by atoms with Gasteiger partial charge in [-0.3, -0.25) is 0 Å². The summed E-state index contributed by atoms with van der Waals surface area (Å²) in [5, 5.41) is 0.0878. The van der Waals surface area contributed by atoms with Crippen molar-refractivity contribution in [3.63, 3.8) is 0 Å². The van der Waals surface area contributed by atoms with Crippen molar-refractivity contribution >= 4 is 11.6 Å². The molecule has 0 spiro atoms. The van der Waals surface area contributed by atoms with E-state index in [0.29, 0.717) is 18.9 Å². The molecule has 17 heavy (non-hydrogen) atoms. The highest BCUT2D eigenvalue weighted by Gasteiger charge is 2.14. The van der Waals surface area contributed by atoms with Crippen molar-refractivity contribution in [2.75, 3.05) is 13.2 Å². The second-order valence-electron chi connectivity index (χ2n) is 4.90. The van der Waals surface area contributed by atoms with Gasteiger partial charge in [-0.2, -0.15) is 0 Å². The second-order valence-corrected chi connectivity index (χ2v) is 5.30. The normalized spacial score (nSPS) is 11.6.